The van der Waals surface area contributed by atoms with Crippen LogP contribution < -0.4 is 14.8 Å². The molecule has 0 unspecified atom stereocenters. The maximum absolute atomic E-state index is 13.7. The summed E-state index contributed by atoms with van der Waals surface area (Å²) in [6, 6.07) is 11.5. The highest BCUT2D eigenvalue weighted by Gasteiger charge is 2.13. The predicted octanol–water partition coefficient (Wildman–Crippen LogP) is 2.79. The first-order valence-corrected chi connectivity index (χ1v) is 8.65. The first-order valence-electron chi connectivity index (χ1n) is 8.65. The summed E-state index contributed by atoms with van der Waals surface area (Å²) in [5.74, 6) is 1.03. The van der Waals surface area contributed by atoms with Crippen LogP contribution in [0.15, 0.2) is 46.9 Å². The van der Waals surface area contributed by atoms with Crippen molar-refractivity contribution in [3.63, 3.8) is 0 Å². The van der Waals surface area contributed by atoms with Crippen molar-refractivity contribution in [3.8, 4) is 23.0 Å². The van der Waals surface area contributed by atoms with Gasteiger partial charge in [-0.1, -0.05) is 18.2 Å². The molecular weight excluding hydrogens is 365 g/mol. The molecule has 3 rings (SSSR count). The van der Waals surface area contributed by atoms with Crippen LogP contribution in [0.5, 0.6) is 11.5 Å². The molecule has 0 atom stereocenters. The van der Waals surface area contributed by atoms with Crippen LogP contribution in [0.4, 0.5) is 4.39 Å². The van der Waals surface area contributed by atoms with Crippen LogP contribution in [0.1, 0.15) is 11.5 Å². The molecule has 0 saturated carbocycles. The van der Waals surface area contributed by atoms with E-state index in [4.69, 9.17) is 13.9 Å². The standard InChI is InChI=1S/C20H20FN3O4/c1-26-16-8-7-13(11-17(16)27-2)12-18(25)22-10-9-19-23-24-20(28-19)14-5-3-4-6-15(14)21/h3-8,11H,9-10,12H2,1-2H3,(H,22,25). The summed E-state index contributed by atoms with van der Waals surface area (Å²) in [5, 5.41) is 10.5. The molecule has 146 valence electrons. The number of aromatic nitrogens is 2. The molecule has 8 heteroatoms. The molecule has 3 aromatic rings. The molecule has 2 aromatic carbocycles. The van der Waals surface area contributed by atoms with Gasteiger partial charge in [0.05, 0.1) is 26.2 Å². The molecule has 0 aliphatic heterocycles. The minimum Gasteiger partial charge on any atom is -0.493 e. The van der Waals surface area contributed by atoms with Crippen LogP contribution in [-0.2, 0) is 17.6 Å². The Morgan fingerprint density at radius 3 is 2.64 bits per heavy atom. The quantitative estimate of drug-likeness (QED) is 0.642. The summed E-state index contributed by atoms with van der Waals surface area (Å²) in [6.07, 6.45) is 0.545. The zero-order chi connectivity index (χ0) is 19.9. The van der Waals surface area contributed by atoms with Gasteiger partial charge in [-0.15, -0.1) is 10.2 Å². The second kappa shape index (κ2) is 8.98. The van der Waals surface area contributed by atoms with Crippen LogP contribution in [-0.4, -0.2) is 36.9 Å². The first kappa shape index (κ1) is 19.3. The van der Waals surface area contributed by atoms with Gasteiger partial charge in [-0.05, 0) is 29.8 Å². The van der Waals surface area contributed by atoms with Crippen LogP contribution >= 0.6 is 0 Å². The number of rotatable bonds is 8. The number of nitrogens with one attached hydrogen (secondary N) is 1. The Kier molecular flexibility index (Phi) is 6.21. The lowest BCUT2D eigenvalue weighted by Gasteiger charge is -2.09. The molecule has 0 fully saturated rings. The van der Waals surface area contributed by atoms with Crippen LogP contribution in [0.25, 0.3) is 11.5 Å². The van der Waals surface area contributed by atoms with E-state index in [-0.39, 0.29) is 23.8 Å². The van der Waals surface area contributed by atoms with Gasteiger partial charge in [-0.3, -0.25) is 4.79 Å². The summed E-state index contributed by atoms with van der Waals surface area (Å²) in [4.78, 5) is 12.1. The van der Waals surface area contributed by atoms with Gasteiger partial charge < -0.3 is 19.2 Å². The summed E-state index contributed by atoms with van der Waals surface area (Å²) >= 11 is 0. The highest BCUT2D eigenvalue weighted by molar-refractivity contribution is 5.78. The van der Waals surface area contributed by atoms with E-state index in [1.807, 2.05) is 0 Å². The van der Waals surface area contributed by atoms with Crippen molar-refractivity contribution in [1.29, 1.82) is 0 Å². The molecule has 1 heterocycles. The number of ether oxygens (including phenoxy) is 2. The fourth-order valence-electron chi connectivity index (χ4n) is 2.65. The number of hydrogen-bond acceptors (Lipinski definition) is 6. The van der Waals surface area contributed by atoms with Crippen LogP contribution in [0.2, 0.25) is 0 Å². The van der Waals surface area contributed by atoms with Crippen LogP contribution in [0.3, 0.4) is 0 Å². The number of carbonyl (C=O) groups excluding carboxylic acids is 1. The number of methoxy groups -OCH3 is 2. The lowest BCUT2D eigenvalue weighted by atomic mass is 10.1. The number of nitrogens with zero attached hydrogens (tertiary/aromatic N) is 2. The fourth-order valence-corrected chi connectivity index (χ4v) is 2.65. The van der Waals surface area contributed by atoms with Crippen molar-refractivity contribution in [1.82, 2.24) is 15.5 Å². The normalized spacial score (nSPS) is 10.5. The van der Waals surface area contributed by atoms with Crippen molar-refractivity contribution in [2.75, 3.05) is 20.8 Å². The van der Waals surface area contributed by atoms with Crippen molar-refractivity contribution in [2.24, 2.45) is 0 Å². The Balaban J connectivity index is 1.52. The summed E-state index contributed by atoms with van der Waals surface area (Å²) in [7, 11) is 3.10. The molecule has 1 N–H and O–H groups in total. The van der Waals surface area contributed by atoms with Gasteiger partial charge in [0.15, 0.2) is 11.5 Å². The van der Waals surface area contributed by atoms with E-state index >= 15 is 0 Å². The minimum atomic E-state index is -0.430. The molecule has 0 bridgehead atoms. The van der Waals surface area contributed by atoms with Gasteiger partial charge in [0.25, 0.3) is 5.89 Å². The van der Waals surface area contributed by atoms with Crippen molar-refractivity contribution in [2.45, 2.75) is 12.8 Å². The Hall–Kier alpha value is -3.42. The van der Waals surface area contributed by atoms with Gasteiger partial charge >= 0.3 is 0 Å². The van der Waals surface area contributed by atoms with Crippen molar-refractivity contribution in [3.05, 3.63) is 59.7 Å². The first-order chi connectivity index (χ1) is 13.6. The number of benzene rings is 2. The monoisotopic (exact) mass is 385 g/mol. The predicted molar refractivity (Wildman–Crippen MR) is 99.7 cm³/mol. The molecule has 1 aromatic heterocycles. The van der Waals surface area contributed by atoms with Crippen molar-refractivity contribution < 1.29 is 23.1 Å². The number of carbonyl (C=O) groups is 1. The minimum absolute atomic E-state index is 0.116. The van der Waals surface area contributed by atoms with Gasteiger partial charge in [0.1, 0.15) is 5.82 Å². The third-order valence-corrected chi connectivity index (χ3v) is 4.04. The third-order valence-electron chi connectivity index (χ3n) is 4.04. The SMILES string of the molecule is COc1ccc(CC(=O)NCCc2nnc(-c3ccccc3F)o2)cc1OC. The molecule has 7 nitrogen and oxygen atoms in total. The zero-order valence-corrected chi connectivity index (χ0v) is 15.6. The lowest BCUT2D eigenvalue weighted by Crippen LogP contribution is -2.27. The third kappa shape index (κ3) is 4.64. The highest BCUT2D eigenvalue weighted by Crippen LogP contribution is 2.27. The van der Waals surface area contributed by atoms with Gasteiger partial charge in [-0.25, -0.2) is 4.39 Å². The fraction of sp³-hybridized carbons (Fsp3) is 0.250. The van der Waals surface area contributed by atoms with E-state index in [9.17, 15) is 9.18 Å². The number of hydrogen-bond donors (Lipinski definition) is 1. The summed E-state index contributed by atoms with van der Waals surface area (Å²) < 4.78 is 29.6. The van der Waals surface area contributed by atoms with E-state index in [1.165, 1.54) is 6.07 Å². The zero-order valence-electron chi connectivity index (χ0n) is 15.6. The van der Waals surface area contributed by atoms with E-state index in [0.717, 1.165) is 5.56 Å². The Labute approximate surface area is 161 Å². The van der Waals surface area contributed by atoms with E-state index in [0.29, 0.717) is 30.4 Å². The molecule has 1 amide bonds. The molecule has 0 radical (unpaired) electrons. The maximum atomic E-state index is 13.7. The van der Waals surface area contributed by atoms with Crippen molar-refractivity contribution >= 4 is 5.91 Å². The second-order valence-electron chi connectivity index (χ2n) is 5.95. The molecule has 28 heavy (non-hydrogen) atoms. The van der Waals surface area contributed by atoms with Crippen LogP contribution in [0, 0.1) is 5.82 Å². The van der Waals surface area contributed by atoms with E-state index in [1.54, 1.807) is 50.6 Å². The molecule has 0 aliphatic carbocycles. The average molecular weight is 385 g/mol. The average Bonchev–Trinajstić information content (AvgIpc) is 3.16. The topological polar surface area (TPSA) is 86.5 Å². The van der Waals surface area contributed by atoms with Gasteiger partial charge in [0, 0.05) is 13.0 Å². The Bertz CT molecular complexity index is 958. The maximum Gasteiger partial charge on any atom is 0.250 e. The van der Waals surface area contributed by atoms with Gasteiger partial charge in [0.2, 0.25) is 11.8 Å². The smallest absolute Gasteiger partial charge is 0.250 e. The largest absolute Gasteiger partial charge is 0.493 e. The van der Waals surface area contributed by atoms with E-state index in [2.05, 4.69) is 15.5 Å². The Morgan fingerprint density at radius 1 is 1.11 bits per heavy atom. The second-order valence-corrected chi connectivity index (χ2v) is 5.95. The number of halogens is 1. The number of amides is 1. The molecular formula is C20H20FN3O4. The highest BCUT2D eigenvalue weighted by atomic mass is 19.1. The van der Waals surface area contributed by atoms with Gasteiger partial charge in [-0.2, -0.15) is 0 Å². The molecule has 0 saturated heterocycles. The molecule has 0 spiro atoms. The summed E-state index contributed by atoms with van der Waals surface area (Å²) in [6.45, 7) is 0.324. The Morgan fingerprint density at radius 2 is 1.89 bits per heavy atom. The summed E-state index contributed by atoms with van der Waals surface area (Å²) in [5.41, 5.74) is 1.05. The lowest BCUT2D eigenvalue weighted by molar-refractivity contribution is -0.120. The van der Waals surface area contributed by atoms with E-state index < -0.39 is 5.82 Å². The molecule has 0 aliphatic rings.